The molecule has 6 nitrogen and oxygen atoms in total. The number of rotatable bonds is 6. The van der Waals surface area contributed by atoms with Crippen LogP contribution >= 0.6 is 0 Å². The van der Waals surface area contributed by atoms with E-state index in [-0.39, 0.29) is 11.9 Å². The molecule has 25 heavy (non-hydrogen) atoms. The average Bonchev–Trinajstić information content (AvgIpc) is 3.14. The first-order valence-electron chi connectivity index (χ1n) is 8.00. The molecule has 2 aromatic heterocycles. The van der Waals surface area contributed by atoms with Gasteiger partial charge in [-0.3, -0.25) is 9.78 Å². The van der Waals surface area contributed by atoms with E-state index in [4.69, 9.17) is 10.2 Å². The Morgan fingerprint density at radius 2 is 2.04 bits per heavy atom. The number of nitrogens with two attached hydrogens (primary N) is 1. The van der Waals surface area contributed by atoms with Crippen LogP contribution in [0.3, 0.4) is 0 Å². The number of furan rings is 1. The minimum Gasteiger partial charge on any atom is -0.467 e. The van der Waals surface area contributed by atoms with Crippen molar-refractivity contribution in [3.63, 3.8) is 0 Å². The third-order valence-electron chi connectivity index (χ3n) is 3.78. The van der Waals surface area contributed by atoms with Crippen LogP contribution in [0.2, 0.25) is 0 Å². The standard InChI is InChI=1S/C19H20N4O2/c1-13(20)17-5-4-14(19(24)23-15-6-8-21-9-7-15)11-18(17)22-12-16-3-2-10-25-16/h2-11,13,22H,12,20H2,1H3,(H,21,23,24). The second kappa shape index (κ2) is 7.63. The number of anilines is 2. The van der Waals surface area contributed by atoms with E-state index in [0.29, 0.717) is 17.8 Å². The summed E-state index contributed by atoms with van der Waals surface area (Å²) in [6.45, 7) is 2.42. The molecule has 0 saturated carbocycles. The Morgan fingerprint density at radius 3 is 2.72 bits per heavy atom. The third-order valence-corrected chi connectivity index (χ3v) is 3.78. The van der Waals surface area contributed by atoms with Crippen molar-refractivity contribution in [3.05, 3.63) is 78.0 Å². The minimum atomic E-state index is -0.191. The van der Waals surface area contributed by atoms with Gasteiger partial charge in [-0.25, -0.2) is 0 Å². The summed E-state index contributed by atoms with van der Waals surface area (Å²) in [5.41, 5.74) is 9.03. The molecule has 0 saturated heterocycles. The summed E-state index contributed by atoms with van der Waals surface area (Å²) < 4.78 is 5.33. The summed E-state index contributed by atoms with van der Waals surface area (Å²) in [6.07, 6.45) is 4.89. The largest absolute Gasteiger partial charge is 0.467 e. The number of nitrogens with zero attached hydrogens (tertiary/aromatic N) is 1. The SMILES string of the molecule is CC(N)c1ccc(C(=O)Nc2ccncc2)cc1NCc1ccco1. The van der Waals surface area contributed by atoms with Gasteiger partial charge >= 0.3 is 0 Å². The number of aromatic nitrogens is 1. The van der Waals surface area contributed by atoms with Gasteiger partial charge in [0.15, 0.2) is 0 Å². The second-order valence-electron chi connectivity index (χ2n) is 5.71. The third kappa shape index (κ3) is 4.24. The highest BCUT2D eigenvalue weighted by Gasteiger charge is 2.12. The maximum atomic E-state index is 12.5. The number of hydrogen-bond acceptors (Lipinski definition) is 5. The number of hydrogen-bond donors (Lipinski definition) is 3. The molecule has 0 fully saturated rings. The van der Waals surface area contributed by atoms with Gasteiger partial charge in [-0.05, 0) is 48.9 Å². The molecule has 6 heteroatoms. The molecule has 4 N–H and O–H groups in total. The first-order valence-corrected chi connectivity index (χ1v) is 8.00. The number of benzene rings is 1. The molecule has 3 rings (SSSR count). The molecular formula is C19H20N4O2. The van der Waals surface area contributed by atoms with E-state index in [2.05, 4.69) is 15.6 Å². The van der Waals surface area contributed by atoms with Crippen molar-refractivity contribution >= 4 is 17.3 Å². The molecule has 0 spiro atoms. The Bertz CT molecular complexity index is 830. The predicted octanol–water partition coefficient (Wildman–Crippen LogP) is 3.56. The fourth-order valence-electron chi connectivity index (χ4n) is 2.48. The zero-order chi connectivity index (χ0) is 17.6. The van der Waals surface area contributed by atoms with Crippen LogP contribution in [0, 0.1) is 0 Å². The second-order valence-corrected chi connectivity index (χ2v) is 5.71. The van der Waals surface area contributed by atoms with Crippen LogP contribution in [0.4, 0.5) is 11.4 Å². The van der Waals surface area contributed by atoms with Gasteiger partial charge < -0.3 is 20.8 Å². The summed E-state index contributed by atoms with van der Waals surface area (Å²) in [6, 6.07) is 12.5. The maximum absolute atomic E-state index is 12.5. The lowest BCUT2D eigenvalue weighted by molar-refractivity contribution is 0.102. The lowest BCUT2D eigenvalue weighted by Crippen LogP contribution is -2.15. The van der Waals surface area contributed by atoms with Crippen molar-refractivity contribution < 1.29 is 9.21 Å². The molecule has 128 valence electrons. The highest BCUT2D eigenvalue weighted by Crippen LogP contribution is 2.24. The molecule has 1 atom stereocenters. The van der Waals surface area contributed by atoms with Gasteiger partial charge in [0.05, 0.1) is 12.8 Å². The van der Waals surface area contributed by atoms with Gasteiger partial charge in [-0.2, -0.15) is 0 Å². The van der Waals surface area contributed by atoms with Gasteiger partial charge in [0.2, 0.25) is 0 Å². The Kier molecular flexibility index (Phi) is 5.11. The zero-order valence-corrected chi connectivity index (χ0v) is 13.9. The topological polar surface area (TPSA) is 93.2 Å². The summed E-state index contributed by atoms with van der Waals surface area (Å²) >= 11 is 0. The van der Waals surface area contributed by atoms with Crippen molar-refractivity contribution in [2.24, 2.45) is 5.73 Å². The summed E-state index contributed by atoms with van der Waals surface area (Å²) in [5.74, 6) is 0.616. The van der Waals surface area contributed by atoms with Crippen LogP contribution < -0.4 is 16.4 Å². The van der Waals surface area contributed by atoms with Crippen LogP contribution in [0.25, 0.3) is 0 Å². The van der Waals surface area contributed by atoms with E-state index < -0.39 is 0 Å². The minimum absolute atomic E-state index is 0.156. The first-order chi connectivity index (χ1) is 12.1. The van der Waals surface area contributed by atoms with Gasteiger partial charge in [0.1, 0.15) is 5.76 Å². The van der Waals surface area contributed by atoms with Crippen molar-refractivity contribution in [2.75, 3.05) is 10.6 Å². The van der Waals surface area contributed by atoms with Crippen LogP contribution in [0.15, 0.2) is 65.5 Å². The van der Waals surface area contributed by atoms with Gasteiger partial charge in [-0.1, -0.05) is 6.07 Å². The fourth-order valence-corrected chi connectivity index (χ4v) is 2.48. The molecule has 0 bridgehead atoms. The molecule has 1 amide bonds. The number of nitrogens with one attached hydrogen (secondary N) is 2. The molecule has 3 aromatic rings. The van der Waals surface area contributed by atoms with Gasteiger partial charge in [-0.15, -0.1) is 0 Å². The summed E-state index contributed by atoms with van der Waals surface area (Å²) in [4.78, 5) is 16.4. The quantitative estimate of drug-likeness (QED) is 0.640. The number of carbonyl (C=O) groups is 1. The molecule has 1 unspecified atom stereocenters. The van der Waals surface area contributed by atoms with Gasteiger partial charge in [0, 0.05) is 35.4 Å². The van der Waals surface area contributed by atoms with E-state index in [9.17, 15) is 4.79 Å². The number of amides is 1. The first kappa shape index (κ1) is 16.7. The van der Waals surface area contributed by atoms with E-state index in [1.807, 2.05) is 25.1 Å². The molecule has 0 aliphatic rings. The molecule has 2 heterocycles. The smallest absolute Gasteiger partial charge is 0.255 e. The highest BCUT2D eigenvalue weighted by atomic mass is 16.3. The predicted molar refractivity (Wildman–Crippen MR) is 97.3 cm³/mol. The van der Waals surface area contributed by atoms with Crippen LogP contribution in [0.1, 0.15) is 34.6 Å². The maximum Gasteiger partial charge on any atom is 0.255 e. The van der Waals surface area contributed by atoms with Crippen LogP contribution in [0.5, 0.6) is 0 Å². The van der Waals surface area contributed by atoms with Crippen LogP contribution in [-0.4, -0.2) is 10.9 Å². The number of carbonyl (C=O) groups excluding carboxylic acids is 1. The summed E-state index contributed by atoms with van der Waals surface area (Å²) in [5, 5.41) is 6.14. The Morgan fingerprint density at radius 1 is 1.24 bits per heavy atom. The monoisotopic (exact) mass is 336 g/mol. The lowest BCUT2D eigenvalue weighted by Gasteiger charge is -2.16. The fraction of sp³-hybridized carbons (Fsp3) is 0.158. The van der Waals surface area contributed by atoms with E-state index in [0.717, 1.165) is 17.0 Å². The Hall–Kier alpha value is -3.12. The molecule has 1 aromatic carbocycles. The van der Waals surface area contributed by atoms with Crippen molar-refractivity contribution in [2.45, 2.75) is 19.5 Å². The van der Waals surface area contributed by atoms with Crippen molar-refractivity contribution in [1.29, 1.82) is 0 Å². The average molecular weight is 336 g/mol. The normalized spacial score (nSPS) is 11.8. The number of pyridine rings is 1. The van der Waals surface area contributed by atoms with Crippen molar-refractivity contribution in [3.8, 4) is 0 Å². The Balaban J connectivity index is 1.80. The zero-order valence-electron chi connectivity index (χ0n) is 13.9. The molecule has 0 aliphatic carbocycles. The van der Waals surface area contributed by atoms with Crippen molar-refractivity contribution in [1.82, 2.24) is 4.98 Å². The molecule has 0 aliphatic heterocycles. The lowest BCUT2D eigenvalue weighted by atomic mass is 10.0. The highest BCUT2D eigenvalue weighted by molar-refractivity contribution is 6.04. The summed E-state index contributed by atoms with van der Waals surface area (Å²) in [7, 11) is 0. The van der Waals surface area contributed by atoms with E-state index in [1.54, 1.807) is 42.9 Å². The van der Waals surface area contributed by atoms with Crippen LogP contribution in [-0.2, 0) is 6.54 Å². The van der Waals surface area contributed by atoms with E-state index >= 15 is 0 Å². The van der Waals surface area contributed by atoms with Gasteiger partial charge in [0.25, 0.3) is 5.91 Å². The van der Waals surface area contributed by atoms with E-state index in [1.165, 1.54) is 0 Å². The molecule has 0 radical (unpaired) electrons. The Labute approximate surface area is 146 Å². The molecular weight excluding hydrogens is 316 g/mol.